The van der Waals surface area contributed by atoms with Crippen molar-refractivity contribution >= 4 is 34.0 Å². The highest BCUT2D eigenvalue weighted by atomic mass is 16.5. The molecule has 1 saturated heterocycles. The minimum absolute atomic E-state index is 0.210. The number of hydrogen-bond donors (Lipinski definition) is 1. The van der Waals surface area contributed by atoms with Crippen molar-refractivity contribution in [3.8, 4) is 0 Å². The lowest BCUT2D eigenvalue weighted by Gasteiger charge is -2.28. The highest BCUT2D eigenvalue weighted by Gasteiger charge is 2.25. The largest absolute Gasteiger partial charge is 0.378 e. The molecule has 0 aromatic carbocycles. The van der Waals surface area contributed by atoms with Gasteiger partial charge in [-0.15, -0.1) is 0 Å². The number of anilines is 2. The number of pyridine rings is 2. The van der Waals surface area contributed by atoms with Gasteiger partial charge >= 0.3 is 0 Å². The van der Waals surface area contributed by atoms with E-state index in [1.165, 1.54) is 0 Å². The van der Waals surface area contributed by atoms with Gasteiger partial charge in [0.1, 0.15) is 12.1 Å². The Morgan fingerprint density at radius 2 is 1.97 bits per heavy atom. The van der Waals surface area contributed by atoms with Crippen molar-refractivity contribution in [2.45, 2.75) is 6.92 Å². The topological polar surface area (TPSA) is 84.7 Å². The summed E-state index contributed by atoms with van der Waals surface area (Å²) >= 11 is 0. The lowest BCUT2D eigenvalue weighted by Crippen LogP contribution is -2.37. The number of aryl methyl sites for hydroxylation is 1. The molecule has 1 amide bonds. The Morgan fingerprint density at radius 1 is 1.10 bits per heavy atom. The Morgan fingerprint density at radius 3 is 2.76 bits per heavy atom. The summed E-state index contributed by atoms with van der Waals surface area (Å²) in [4.78, 5) is 28.8. The molecule has 29 heavy (non-hydrogen) atoms. The number of nitrogens with one attached hydrogen (secondary N) is 1. The van der Waals surface area contributed by atoms with Crippen LogP contribution in [0.2, 0.25) is 0 Å². The quantitative estimate of drug-likeness (QED) is 0.581. The first kappa shape index (κ1) is 17.6. The molecule has 0 radical (unpaired) electrons. The maximum atomic E-state index is 13.4. The minimum atomic E-state index is -0.210. The van der Waals surface area contributed by atoms with Crippen LogP contribution in [0.25, 0.3) is 16.6 Å². The first-order chi connectivity index (χ1) is 14.2. The fraction of sp³-hybridized carbons (Fsp3) is 0.238. The van der Waals surface area contributed by atoms with E-state index in [0.717, 1.165) is 35.5 Å². The molecule has 0 saturated carbocycles. The third kappa shape index (κ3) is 3.07. The van der Waals surface area contributed by atoms with E-state index in [1.54, 1.807) is 12.5 Å². The Balaban J connectivity index is 1.69. The summed E-state index contributed by atoms with van der Waals surface area (Å²) in [5.74, 6) is 0.549. The minimum Gasteiger partial charge on any atom is -0.378 e. The van der Waals surface area contributed by atoms with Crippen molar-refractivity contribution in [3.63, 3.8) is 0 Å². The Kier molecular flexibility index (Phi) is 4.33. The van der Waals surface area contributed by atoms with Crippen molar-refractivity contribution in [2.24, 2.45) is 0 Å². The highest BCUT2D eigenvalue weighted by molar-refractivity contribution is 6.20. The molecule has 0 atom stereocenters. The SMILES string of the molecule is Cc1ccc(NC(=O)c2c3c(N4CCOCC4)ncnc3n3ccccc23)cn1. The summed E-state index contributed by atoms with van der Waals surface area (Å²) in [5.41, 5.74) is 3.60. The number of carbonyl (C=O) groups excluding carboxylic acids is 1. The van der Waals surface area contributed by atoms with Gasteiger partial charge in [0.05, 0.1) is 41.6 Å². The first-order valence-electron chi connectivity index (χ1n) is 9.53. The van der Waals surface area contributed by atoms with E-state index in [-0.39, 0.29) is 5.91 Å². The van der Waals surface area contributed by atoms with Gasteiger partial charge in [-0.1, -0.05) is 6.07 Å². The molecule has 0 unspecified atom stereocenters. The molecule has 4 aromatic heterocycles. The van der Waals surface area contributed by atoms with Crippen molar-refractivity contribution < 1.29 is 9.53 Å². The fourth-order valence-corrected chi connectivity index (χ4v) is 3.71. The van der Waals surface area contributed by atoms with Crippen LogP contribution in [0.4, 0.5) is 11.5 Å². The Labute approximate surface area is 167 Å². The number of carbonyl (C=O) groups is 1. The average Bonchev–Trinajstić information content (AvgIpc) is 3.11. The summed E-state index contributed by atoms with van der Waals surface area (Å²) < 4.78 is 7.42. The van der Waals surface area contributed by atoms with E-state index in [4.69, 9.17) is 4.74 Å². The van der Waals surface area contributed by atoms with Crippen LogP contribution >= 0.6 is 0 Å². The predicted octanol–water partition coefficient (Wildman–Crippen LogP) is 2.67. The van der Waals surface area contributed by atoms with E-state index in [0.29, 0.717) is 30.1 Å². The first-order valence-corrected chi connectivity index (χ1v) is 9.53. The van der Waals surface area contributed by atoms with Crippen molar-refractivity contribution in [1.29, 1.82) is 0 Å². The van der Waals surface area contributed by atoms with E-state index in [2.05, 4.69) is 25.2 Å². The highest BCUT2D eigenvalue weighted by Crippen LogP contribution is 2.32. The van der Waals surface area contributed by atoms with Crippen LogP contribution in [0.5, 0.6) is 0 Å². The zero-order valence-electron chi connectivity index (χ0n) is 16.0. The summed E-state index contributed by atoms with van der Waals surface area (Å²) in [7, 11) is 0. The molecule has 4 aromatic rings. The zero-order chi connectivity index (χ0) is 19.8. The van der Waals surface area contributed by atoms with Crippen LogP contribution in [0, 0.1) is 6.92 Å². The van der Waals surface area contributed by atoms with Crippen LogP contribution in [0.15, 0.2) is 49.1 Å². The number of rotatable bonds is 3. The summed E-state index contributed by atoms with van der Waals surface area (Å²) in [5, 5.41) is 3.72. The number of amides is 1. The molecule has 1 N–H and O–H groups in total. The lowest BCUT2D eigenvalue weighted by atomic mass is 10.1. The van der Waals surface area contributed by atoms with E-state index < -0.39 is 0 Å². The number of fused-ring (bicyclic) bond motifs is 3. The van der Waals surface area contributed by atoms with E-state index in [9.17, 15) is 4.79 Å². The monoisotopic (exact) mass is 388 g/mol. The zero-order valence-corrected chi connectivity index (χ0v) is 16.0. The third-order valence-corrected chi connectivity index (χ3v) is 5.11. The van der Waals surface area contributed by atoms with Crippen molar-refractivity contribution in [2.75, 3.05) is 36.5 Å². The third-order valence-electron chi connectivity index (χ3n) is 5.11. The van der Waals surface area contributed by atoms with Crippen LogP contribution in [-0.2, 0) is 4.74 Å². The molecule has 0 spiro atoms. The van der Waals surface area contributed by atoms with Crippen molar-refractivity contribution in [1.82, 2.24) is 19.4 Å². The average molecular weight is 388 g/mol. The molecular formula is C21H20N6O2. The van der Waals surface area contributed by atoms with Gasteiger partial charge in [0.25, 0.3) is 5.91 Å². The Bertz CT molecular complexity index is 1200. The molecule has 8 heteroatoms. The van der Waals surface area contributed by atoms with Gasteiger partial charge in [-0.25, -0.2) is 9.97 Å². The molecule has 1 fully saturated rings. The second-order valence-corrected chi connectivity index (χ2v) is 6.97. The molecule has 5 heterocycles. The molecule has 1 aliphatic rings. The fourth-order valence-electron chi connectivity index (χ4n) is 3.71. The molecule has 146 valence electrons. The molecule has 1 aliphatic heterocycles. The smallest absolute Gasteiger partial charge is 0.258 e. The standard InChI is InChI=1S/C21H20N6O2/c1-14-5-6-15(12-22-14)25-21(28)17-16-4-2-3-7-27(16)20-18(17)19(23-13-24-20)26-8-10-29-11-9-26/h2-7,12-13H,8-11H2,1H3,(H,25,28). The number of morpholine rings is 1. The van der Waals surface area contributed by atoms with E-state index >= 15 is 0 Å². The van der Waals surface area contributed by atoms with Crippen LogP contribution < -0.4 is 10.2 Å². The maximum Gasteiger partial charge on any atom is 0.258 e. The second kappa shape index (κ2) is 7.14. The Hall–Kier alpha value is -3.52. The number of ether oxygens (including phenoxy) is 1. The van der Waals surface area contributed by atoms with Crippen LogP contribution in [-0.4, -0.2) is 51.6 Å². The summed E-state index contributed by atoms with van der Waals surface area (Å²) in [6.45, 7) is 4.62. The predicted molar refractivity (Wildman–Crippen MR) is 110 cm³/mol. The normalized spacial score (nSPS) is 14.4. The van der Waals surface area contributed by atoms with Crippen LogP contribution in [0.1, 0.15) is 16.1 Å². The molecule has 5 rings (SSSR count). The maximum absolute atomic E-state index is 13.4. The van der Waals surface area contributed by atoms with Gasteiger partial charge in [-0.05, 0) is 31.2 Å². The van der Waals surface area contributed by atoms with Crippen molar-refractivity contribution in [3.05, 3.63) is 60.3 Å². The van der Waals surface area contributed by atoms with Gasteiger partial charge in [-0.2, -0.15) is 0 Å². The van der Waals surface area contributed by atoms with Gasteiger partial charge in [0.2, 0.25) is 0 Å². The van der Waals surface area contributed by atoms with Crippen LogP contribution in [0.3, 0.4) is 0 Å². The lowest BCUT2D eigenvalue weighted by molar-refractivity contribution is 0.102. The summed E-state index contributed by atoms with van der Waals surface area (Å²) in [6, 6.07) is 9.48. The molecule has 0 aliphatic carbocycles. The van der Waals surface area contributed by atoms with E-state index in [1.807, 2.05) is 47.9 Å². The molecule has 0 bridgehead atoms. The van der Waals surface area contributed by atoms with Gasteiger partial charge in [0.15, 0.2) is 5.65 Å². The second-order valence-electron chi connectivity index (χ2n) is 6.97. The number of aromatic nitrogens is 4. The number of hydrogen-bond acceptors (Lipinski definition) is 6. The summed E-state index contributed by atoms with van der Waals surface area (Å²) in [6.07, 6.45) is 5.13. The number of nitrogens with zero attached hydrogens (tertiary/aromatic N) is 5. The van der Waals surface area contributed by atoms with Gasteiger partial charge in [0, 0.05) is 25.0 Å². The van der Waals surface area contributed by atoms with Gasteiger partial charge < -0.3 is 19.4 Å². The molecule has 8 nitrogen and oxygen atoms in total. The molecular weight excluding hydrogens is 368 g/mol. The van der Waals surface area contributed by atoms with Gasteiger partial charge in [-0.3, -0.25) is 9.78 Å².